The maximum absolute atomic E-state index is 13.5. The second-order valence-corrected chi connectivity index (χ2v) is 9.76. The molecule has 2 N–H and O–H groups in total. The maximum atomic E-state index is 13.5. The highest BCUT2D eigenvalue weighted by molar-refractivity contribution is 7.91. The Morgan fingerprint density at radius 1 is 1.24 bits per heavy atom. The van der Waals surface area contributed by atoms with Crippen LogP contribution in [0.15, 0.2) is 35.5 Å². The average Bonchev–Trinajstić information content (AvgIpc) is 2.71. The number of morpholine rings is 1. The van der Waals surface area contributed by atoms with Crippen molar-refractivity contribution in [3.63, 3.8) is 0 Å². The second kappa shape index (κ2) is 9.06. The first kappa shape index (κ1) is 25.7. The van der Waals surface area contributed by atoms with Crippen LogP contribution in [-0.2, 0) is 20.6 Å². The molecule has 1 aliphatic heterocycles. The number of nitrogens with zero attached hydrogens (tertiary/aromatic N) is 2. The van der Waals surface area contributed by atoms with Gasteiger partial charge in [-0.15, -0.1) is 0 Å². The molecule has 0 spiro atoms. The number of hydrogen-bond acceptors (Lipinski definition) is 6. The van der Waals surface area contributed by atoms with E-state index in [1.165, 1.54) is 12.3 Å². The molecule has 2 atom stereocenters. The van der Waals surface area contributed by atoms with E-state index in [2.05, 4.69) is 10.3 Å². The molecule has 0 aliphatic carbocycles. The minimum Gasteiger partial charge on any atom is -0.366 e. The van der Waals surface area contributed by atoms with Gasteiger partial charge in [0.15, 0.2) is 6.10 Å². The van der Waals surface area contributed by atoms with E-state index in [-0.39, 0.29) is 29.6 Å². The molecule has 0 bridgehead atoms. The SMILES string of the molecule is Cc1c(C(F)(F)F)ccc(N2CCO[C@@H](C(F)(F)F)C2)c1C(=O)Nc1ccnc([S@](C)(=N)=O)c1. The first-order chi connectivity index (χ1) is 15.6. The zero-order valence-corrected chi connectivity index (χ0v) is 18.7. The number of anilines is 2. The van der Waals surface area contributed by atoms with Crippen LogP contribution in [0.5, 0.6) is 0 Å². The fraction of sp³-hybridized carbons (Fsp3) is 0.400. The third-order valence-electron chi connectivity index (χ3n) is 5.14. The lowest BCUT2D eigenvalue weighted by atomic mass is 9.97. The van der Waals surface area contributed by atoms with E-state index >= 15 is 0 Å². The summed E-state index contributed by atoms with van der Waals surface area (Å²) in [6.45, 7) is -0.0600. The van der Waals surface area contributed by atoms with Crippen molar-refractivity contribution >= 4 is 27.0 Å². The maximum Gasteiger partial charge on any atom is 0.416 e. The number of amides is 1. The first-order valence-corrected chi connectivity index (χ1v) is 11.7. The number of carbonyl (C=O) groups excluding carboxylic acids is 1. The van der Waals surface area contributed by atoms with Crippen molar-refractivity contribution in [1.82, 2.24) is 4.98 Å². The van der Waals surface area contributed by atoms with Crippen molar-refractivity contribution in [2.45, 2.75) is 30.4 Å². The number of hydrogen-bond donors (Lipinski definition) is 2. The molecule has 0 radical (unpaired) electrons. The number of halogens is 6. The van der Waals surface area contributed by atoms with Crippen LogP contribution < -0.4 is 10.2 Å². The number of pyridine rings is 1. The van der Waals surface area contributed by atoms with Gasteiger partial charge < -0.3 is 15.0 Å². The van der Waals surface area contributed by atoms with Crippen molar-refractivity contribution in [2.75, 3.05) is 36.2 Å². The summed E-state index contributed by atoms with van der Waals surface area (Å²) >= 11 is 0. The third kappa shape index (κ3) is 5.60. The highest BCUT2D eigenvalue weighted by Gasteiger charge is 2.44. The van der Waals surface area contributed by atoms with Crippen molar-refractivity contribution in [1.29, 1.82) is 4.78 Å². The molecule has 14 heteroatoms. The van der Waals surface area contributed by atoms with Crippen LogP contribution in [0, 0.1) is 11.7 Å². The van der Waals surface area contributed by atoms with Gasteiger partial charge in [0.1, 0.15) is 5.03 Å². The number of nitrogens with one attached hydrogen (secondary N) is 2. The minimum atomic E-state index is -4.81. The summed E-state index contributed by atoms with van der Waals surface area (Å²) in [6.07, 6.45) is -9.40. The molecule has 1 aromatic carbocycles. The predicted molar refractivity (Wildman–Crippen MR) is 111 cm³/mol. The van der Waals surface area contributed by atoms with Crippen LogP contribution >= 0.6 is 0 Å². The predicted octanol–water partition coefficient (Wildman–Crippen LogP) is 4.46. The number of ether oxygens (including phenoxy) is 1. The minimum absolute atomic E-state index is 0.00901. The van der Waals surface area contributed by atoms with Crippen molar-refractivity contribution in [3.05, 3.63) is 47.2 Å². The zero-order valence-electron chi connectivity index (χ0n) is 17.9. The summed E-state index contributed by atoms with van der Waals surface area (Å²) in [5.41, 5.74) is -2.14. The molecule has 2 heterocycles. The second-order valence-electron chi connectivity index (χ2n) is 7.66. The Bertz CT molecular complexity index is 1200. The molecule has 3 rings (SSSR count). The first-order valence-electron chi connectivity index (χ1n) is 9.74. The lowest BCUT2D eigenvalue weighted by molar-refractivity contribution is -0.221. The summed E-state index contributed by atoms with van der Waals surface area (Å²) in [5, 5.41) is 2.22. The summed E-state index contributed by atoms with van der Waals surface area (Å²) in [7, 11) is -3.25. The summed E-state index contributed by atoms with van der Waals surface area (Å²) in [4.78, 5) is 18.1. The number of alkyl halides is 6. The molecule has 0 unspecified atom stereocenters. The van der Waals surface area contributed by atoms with Gasteiger partial charge in [-0.05, 0) is 36.8 Å². The number of rotatable bonds is 4. The number of carbonyl (C=O) groups is 1. The van der Waals surface area contributed by atoms with E-state index < -0.39 is 57.3 Å². The van der Waals surface area contributed by atoms with Gasteiger partial charge in [-0.1, -0.05) is 0 Å². The van der Waals surface area contributed by atoms with Crippen LogP contribution in [0.3, 0.4) is 0 Å². The van der Waals surface area contributed by atoms with Crippen molar-refractivity contribution < 1.29 is 40.1 Å². The molecule has 7 nitrogen and oxygen atoms in total. The molecular formula is C20H20F6N4O3S. The average molecular weight is 510 g/mol. The number of benzene rings is 1. The van der Waals surface area contributed by atoms with Crippen LogP contribution in [0.4, 0.5) is 37.7 Å². The molecule has 1 amide bonds. The Balaban J connectivity index is 2.06. The lowest BCUT2D eigenvalue weighted by Crippen LogP contribution is -2.49. The fourth-order valence-corrected chi connectivity index (χ4v) is 4.13. The largest absolute Gasteiger partial charge is 0.416 e. The van der Waals surface area contributed by atoms with E-state index in [0.717, 1.165) is 36.3 Å². The quantitative estimate of drug-likeness (QED) is 0.593. The zero-order chi connectivity index (χ0) is 25.5. The molecule has 34 heavy (non-hydrogen) atoms. The van der Waals surface area contributed by atoms with Gasteiger partial charge in [0.2, 0.25) is 0 Å². The molecule has 0 saturated carbocycles. The van der Waals surface area contributed by atoms with Crippen molar-refractivity contribution in [3.8, 4) is 0 Å². The van der Waals surface area contributed by atoms with Gasteiger partial charge in [-0.25, -0.2) is 14.0 Å². The molecule has 1 aliphatic rings. The highest BCUT2D eigenvalue weighted by atomic mass is 32.2. The molecular weight excluding hydrogens is 490 g/mol. The van der Waals surface area contributed by atoms with Gasteiger partial charge >= 0.3 is 12.4 Å². The van der Waals surface area contributed by atoms with E-state index in [1.807, 2.05) is 0 Å². The highest BCUT2D eigenvalue weighted by Crippen LogP contribution is 2.38. The van der Waals surface area contributed by atoms with Crippen LogP contribution in [0.1, 0.15) is 21.5 Å². The Morgan fingerprint density at radius 2 is 1.91 bits per heavy atom. The summed E-state index contributed by atoms with van der Waals surface area (Å²) < 4.78 is 104. The Hall–Kier alpha value is -2.87. The van der Waals surface area contributed by atoms with E-state index in [4.69, 9.17) is 9.52 Å². The Kier molecular flexibility index (Phi) is 6.86. The molecule has 1 aromatic heterocycles. The van der Waals surface area contributed by atoms with Gasteiger partial charge in [-0.3, -0.25) is 4.79 Å². The molecule has 1 fully saturated rings. The van der Waals surface area contributed by atoms with E-state index in [1.54, 1.807) is 0 Å². The van der Waals surface area contributed by atoms with Gasteiger partial charge in [0.25, 0.3) is 5.91 Å². The molecule has 2 aromatic rings. The van der Waals surface area contributed by atoms with E-state index in [9.17, 15) is 35.3 Å². The lowest BCUT2D eigenvalue weighted by Gasteiger charge is -2.36. The summed E-state index contributed by atoms with van der Waals surface area (Å²) in [6, 6.07) is 4.11. The fourth-order valence-electron chi connectivity index (χ4n) is 3.51. The van der Waals surface area contributed by atoms with Crippen LogP contribution in [0.2, 0.25) is 0 Å². The van der Waals surface area contributed by atoms with Crippen LogP contribution in [0.25, 0.3) is 0 Å². The molecule has 186 valence electrons. The van der Waals surface area contributed by atoms with Crippen LogP contribution in [-0.4, -0.2) is 53.3 Å². The van der Waals surface area contributed by atoms with Gasteiger partial charge in [0, 0.05) is 30.4 Å². The summed E-state index contributed by atoms with van der Waals surface area (Å²) in [5.74, 6) is -1.02. The van der Waals surface area contributed by atoms with Gasteiger partial charge in [0.05, 0.1) is 34.0 Å². The van der Waals surface area contributed by atoms with Crippen molar-refractivity contribution in [2.24, 2.45) is 0 Å². The smallest absolute Gasteiger partial charge is 0.366 e. The standard InChI is InChI=1S/C20H20F6N4O3S/c1-11-13(19(21,22)23)3-4-14(30-7-8-33-15(10-30)20(24,25)26)17(11)18(31)29-12-5-6-28-16(9-12)34(2,27)32/h3-6,9,15,27H,7-8,10H2,1-2H3,(H,28,29,31)/t15-,34-/m1/s1. The number of aromatic nitrogens is 1. The monoisotopic (exact) mass is 510 g/mol. The Morgan fingerprint density at radius 3 is 2.50 bits per heavy atom. The molecule has 1 saturated heterocycles. The van der Waals surface area contributed by atoms with Gasteiger partial charge in [-0.2, -0.15) is 26.3 Å². The topological polar surface area (TPSA) is 95.4 Å². The normalized spacial score (nSPS) is 18.9. The Labute approximate surface area is 191 Å². The third-order valence-corrected chi connectivity index (χ3v) is 6.16. The van der Waals surface area contributed by atoms with E-state index in [0.29, 0.717) is 0 Å².